The van der Waals surface area contributed by atoms with Gasteiger partial charge in [-0.15, -0.1) is 0 Å². The summed E-state index contributed by atoms with van der Waals surface area (Å²) in [6.45, 7) is 2.02. The Morgan fingerprint density at radius 1 is 1.22 bits per heavy atom. The van der Waals surface area contributed by atoms with E-state index in [1.807, 2.05) is 13.0 Å². The van der Waals surface area contributed by atoms with Crippen LogP contribution in [-0.4, -0.2) is 23.0 Å². The number of carboxylic acids is 1. The quantitative estimate of drug-likeness (QED) is 0.755. The van der Waals surface area contributed by atoms with Gasteiger partial charge in [0.1, 0.15) is 0 Å². The van der Waals surface area contributed by atoms with Crippen molar-refractivity contribution in [3.05, 3.63) is 12.2 Å². The van der Waals surface area contributed by atoms with Crippen molar-refractivity contribution in [2.75, 3.05) is 0 Å². The molecule has 18 heavy (non-hydrogen) atoms. The third-order valence-electron chi connectivity index (χ3n) is 4.22. The molecule has 0 radical (unpaired) electrons. The lowest BCUT2D eigenvalue weighted by Gasteiger charge is -2.33. The zero-order chi connectivity index (χ0) is 13.2. The monoisotopic (exact) mass is 251 g/mol. The van der Waals surface area contributed by atoms with Crippen molar-refractivity contribution in [3.63, 3.8) is 0 Å². The molecule has 2 aliphatic carbocycles. The fraction of sp³-hybridized carbons (Fsp3) is 0.714. The van der Waals surface area contributed by atoms with Crippen LogP contribution < -0.4 is 5.32 Å². The largest absolute Gasteiger partial charge is 0.481 e. The Labute approximate surface area is 107 Å². The standard InChI is InChI=1S/C14H21NO3/c1-14(7-3-2-4-8-14)13(18)15-11-6-5-10(9-11)12(16)17/h5-6,10-11H,2-4,7-9H2,1H3,(H,15,18)(H,16,17). The molecule has 2 unspecified atom stereocenters. The van der Waals surface area contributed by atoms with Gasteiger partial charge in [-0.25, -0.2) is 0 Å². The van der Waals surface area contributed by atoms with E-state index in [-0.39, 0.29) is 17.4 Å². The zero-order valence-corrected chi connectivity index (χ0v) is 10.8. The van der Waals surface area contributed by atoms with E-state index in [2.05, 4.69) is 5.32 Å². The van der Waals surface area contributed by atoms with Crippen molar-refractivity contribution in [1.29, 1.82) is 0 Å². The molecular weight excluding hydrogens is 230 g/mol. The molecule has 4 heteroatoms. The number of amides is 1. The molecule has 0 aromatic carbocycles. The van der Waals surface area contributed by atoms with Gasteiger partial charge in [0.25, 0.3) is 0 Å². The van der Waals surface area contributed by atoms with Gasteiger partial charge in [-0.2, -0.15) is 0 Å². The van der Waals surface area contributed by atoms with Gasteiger partial charge in [0.05, 0.1) is 5.92 Å². The summed E-state index contributed by atoms with van der Waals surface area (Å²) >= 11 is 0. The van der Waals surface area contributed by atoms with Crippen LogP contribution in [0.25, 0.3) is 0 Å². The van der Waals surface area contributed by atoms with Crippen LogP contribution in [0.15, 0.2) is 12.2 Å². The van der Waals surface area contributed by atoms with Gasteiger partial charge in [-0.3, -0.25) is 9.59 Å². The van der Waals surface area contributed by atoms with Crippen molar-refractivity contribution in [3.8, 4) is 0 Å². The van der Waals surface area contributed by atoms with Crippen molar-refractivity contribution < 1.29 is 14.7 Å². The Bertz CT molecular complexity index is 369. The first-order chi connectivity index (χ1) is 8.51. The lowest BCUT2D eigenvalue weighted by atomic mass is 9.75. The summed E-state index contributed by atoms with van der Waals surface area (Å²) in [4.78, 5) is 23.1. The van der Waals surface area contributed by atoms with Crippen molar-refractivity contribution in [2.24, 2.45) is 11.3 Å². The van der Waals surface area contributed by atoms with Gasteiger partial charge in [-0.05, 0) is 19.3 Å². The molecule has 2 rings (SSSR count). The molecule has 1 fully saturated rings. The molecular formula is C14H21NO3. The molecule has 4 nitrogen and oxygen atoms in total. The van der Waals surface area contributed by atoms with E-state index in [1.54, 1.807) is 6.08 Å². The van der Waals surface area contributed by atoms with Gasteiger partial charge in [0.15, 0.2) is 0 Å². The van der Waals surface area contributed by atoms with Crippen LogP contribution in [0.1, 0.15) is 45.4 Å². The molecule has 100 valence electrons. The molecule has 2 aliphatic rings. The number of rotatable bonds is 3. The molecule has 0 spiro atoms. The molecule has 2 N–H and O–H groups in total. The van der Waals surface area contributed by atoms with E-state index in [4.69, 9.17) is 5.11 Å². The number of carbonyl (C=O) groups excluding carboxylic acids is 1. The molecule has 0 bridgehead atoms. The first-order valence-corrected chi connectivity index (χ1v) is 6.73. The van der Waals surface area contributed by atoms with E-state index in [9.17, 15) is 9.59 Å². The fourth-order valence-electron chi connectivity index (χ4n) is 2.89. The van der Waals surface area contributed by atoms with E-state index in [0.29, 0.717) is 6.42 Å². The Kier molecular flexibility index (Phi) is 3.73. The molecule has 1 amide bonds. The van der Waals surface area contributed by atoms with Crippen molar-refractivity contribution in [2.45, 2.75) is 51.5 Å². The minimum atomic E-state index is -0.813. The van der Waals surface area contributed by atoms with Crippen LogP contribution in [0.2, 0.25) is 0 Å². The van der Waals surface area contributed by atoms with Crippen molar-refractivity contribution in [1.82, 2.24) is 5.32 Å². The Morgan fingerprint density at radius 2 is 1.89 bits per heavy atom. The average molecular weight is 251 g/mol. The maximum Gasteiger partial charge on any atom is 0.310 e. The summed E-state index contributed by atoms with van der Waals surface area (Å²) in [5.74, 6) is -1.18. The molecule has 0 heterocycles. The molecule has 0 aromatic heterocycles. The van der Waals surface area contributed by atoms with Crippen LogP contribution in [0.3, 0.4) is 0 Å². The second-order valence-electron chi connectivity index (χ2n) is 5.77. The van der Waals surface area contributed by atoms with Crippen LogP contribution in [0, 0.1) is 11.3 Å². The summed E-state index contributed by atoms with van der Waals surface area (Å²) in [6, 6.07) is -0.114. The smallest absolute Gasteiger partial charge is 0.310 e. The lowest BCUT2D eigenvalue weighted by molar-refractivity contribution is -0.140. The number of nitrogens with one attached hydrogen (secondary N) is 1. The molecule has 0 aliphatic heterocycles. The number of hydrogen-bond donors (Lipinski definition) is 2. The predicted molar refractivity (Wildman–Crippen MR) is 68.0 cm³/mol. The number of hydrogen-bond acceptors (Lipinski definition) is 2. The maximum atomic E-state index is 12.3. The lowest BCUT2D eigenvalue weighted by Crippen LogP contribution is -2.44. The second kappa shape index (κ2) is 5.12. The third kappa shape index (κ3) is 2.74. The second-order valence-corrected chi connectivity index (χ2v) is 5.77. The Morgan fingerprint density at radius 3 is 2.44 bits per heavy atom. The van der Waals surface area contributed by atoms with E-state index in [0.717, 1.165) is 25.7 Å². The topological polar surface area (TPSA) is 66.4 Å². The molecule has 0 aromatic rings. The summed E-state index contributed by atoms with van der Waals surface area (Å²) in [5.41, 5.74) is -0.257. The Balaban J connectivity index is 1.89. The highest BCUT2D eigenvalue weighted by Gasteiger charge is 2.36. The number of aliphatic carboxylic acids is 1. The summed E-state index contributed by atoms with van der Waals surface area (Å²) in [7, 11) is 0. The first kappa shape index (κ1) is 13.1. The Hall–Kier alpha value is -1.32. The number of carbonyl (C=O) groups is 2. The van der Waals surface area contributed by atoms with Crippen LogP contribution in [-0.2, 0) is 9.59 Å². The third-order valence-corrected chi connectivity index (χ3v) is 4.22. The predicted octanol–water partition coefficient (Wildman–Crippen LogP) is 2.10. The highest BCUT2D eigenvalue weighted by molar-refractivity contribution is 5.83. The fourth-order valence-corrected chi connectivity index (χ4v) is 2.89. The van der Waals surface area contributed by atoms with E-state index >= 15 is 0 Å². The molecule has 2 atom stereocenters. The average Bonchev–Trinajstić information content (AvgIpc) is 2.78. The van der Waals surface area contributed by atoms with Gasteiger partial charge >= 0.3 is 5.97 Å². The number of carboxylic acid groups (broad SMARTS) is 1. The van der Waals surface area contributed by atoms with Gasteiger partial charge in [-0.1, -0.05) is 38.3 Å². The highest BCUT2D eigenvalue weighted by atomic mass is 16.4. The van der Waals surface area contributed by atoms with Crippen LogP contribution in [0.5, 0.6) is 0 Å². The minimum Gasteiger partial charge on any atom is -0.481 e. The normalized spacial score (nSPS) is 30.1. The minimum absolute atomic E-state index is 0.0860. The van der Waals surface area contributed by atoms with Gasteiger partial charge in [0.2, 0.25) is 5.91 Å². The zero-order valence-electron chi connectivity index (χ0n) is 10.8. The van der Waals surface area contributed by atoms with Crippen LogP contribution >= 0.6 is 0 Å². The van der Waals surface area contributed by atoms with Gasteiger partial charge < -0.3 is 10.4 Å². The highest BCUT2D eigenvalue weighted by Crippen LogP contribution is 2.36. The molecule has 1 saturated carbocycles. The maximum absolute atomic E-state index is 12.3. The van der Waals surface area contributed by atoms with Crippen molar-refractivity contribution >= 4 is 11.9 Å². The summed E-state index contributed by atoms with van der Waals surface area (Å²) in [5, 5.41) is 11.9. The van der Waals surface area contributed by atoms with E-state index in [1.165, 1.54) is 6.42 Å². The summed E-state index contributed by atoms with van der Waals surface area (Å²) in [6.07, 6.45) is 9.30. The molecule has 0 saturated heterocycles. The SMILES string of the molecule is CC1(C(=O)NC2C=CC(C(=O)O)C2)CCCCC1. The van der Waals surface area contributed by atoms with Gasteiger partial charge in [0, 0.05) is 11.5 Å². The summed E-state index contributed by atoms with van der Waals surface area (Å²) < 4.78 is 0. The van der Waals surface area contributed by atoms with Crippen LogP contribution in [0.4, 0.5) is 0 Å². The van der Waals surface area contributed by atoms with E-state index < -0.39 is 11.9 Å². The first-order valence-electron chi connectivity index (χ1n) is 6.73.